The van der Waals surface area contributed by atoms with Gasteiger partial charge in [0.2, 0.25) is 0 Å². The molecule has 0 aromatic heterocycles. The fourth-order valence-corrected chi connectivity index (χ4v) is 4.51. The molecule has 0 N–H and O–H groups in total. The maximum atomic E-state index is 3.81. The molecule has 1 aliphatic rings. The Labute approximate surface area is 161 Å². The van der Waals surface area contributed by atoms with Gasteiger partial charge in [0.1, 0.15) is 17.6 Å². The van der Waals surface area contributed by atoms with E-state index in [1.165, 1.54) is 47.3 Å². The van der Waals surface area contributed by atoms with Crippen molar-refractivity contribution in [3.05, 3.63) is 65.4 Å². The number of rotatable bonds is 7. The maximum absolute atomic E-state index is 3.81. The van der Waals surface area contributed by atoms with Crippen molar-refractivity contribution in [2.75, 3.05) is 6.54 Å². The second-order valence-corrected chi connectivity index (χ2v) is 8.45. The fourth-order valence-electron chi connectivity index (χ4n) is 3.82. The molecule has 2 aromatic carbocycles. The van der Waals surface area contributed by atoms with Gasteiger partial charge in [-0.3, -0.25) is 0 Å². The molecule has 0 spiro atoms. The highest BCUT2D eigenvalue weighted by molar-refractivity contribution is 9.09. The number of nitrogens with zero attached hydrogens (tertiary/aromatic N) is 1. The van der Waals surface area contributed by atoms with E-state index in [-0.39, 0.29) is 0 Å². The minimum atomic E-state index is 0.638. The molecule has 2 heteroatoms. The highest BCUT2D eigenvalue weighted by Gasteiger charge is 2.35. The molecular formula is C23H29BrN+. The first-order chi connectivity index (χ1) is 12.1. The first kappa shape index (κ1) is 18.4. The zero-order valence-electron chi connectivity index (χ0n) is 15.6. The van der Waals surface area contributed by atoms with Crippen LogP contribution in [0.4, 0.5) is 11.4 Å². The smallest absolute Gasteiger partial charge is 0.150 e. The van der Waals surface area contributed by atoms with E-state index < -0.39 is 0 Å². The number of hydrogen-bond acceptors (Lipinski definition) is 0. The molecule has 2 aromatic rings. The second-order valence-electron chi connectivity index (χ2n) is 7.15. The van der Waals surface area contributed by atoms with Crippen molar-refractivity contribution < 1.29 is 0 Å². The average molecular weight is 399 g/mol. The summed E-state index contributed by atoms with van der Waals surface area (Å²) in [6, 6.07) is 16.0. The molecule has 1 aliphatic heterocycles. The number of alkyl halides is 1. The molecule has 2 atom stereocenters. The Morgan fingerprint density at radius 2 is 1.76 bits per heavy atom. The van der Waals surface area contributed by atoms with Crippen LogP contribution in [0.15, 0.2) is 48.7 Å². The molecule has 1 nitrogen and oxygen atoms in total. The van der Waals surface area contributed by atoms with Gasteiger partial charge in [-0.25, -0.2) is 4.48 Å². The van der Waals surface area contributed by atoms with Crippen LogP contribution >= 0.6 is 15.9 Å². The van der Waals surface area contributed by atoms with Crippen molar-refractivity contribution in [1.82, 2.24) is 4.48 Å². The molecule has 1 heterocycles. The third-order valence-electron chi connectivity index (χ3n) is 5.37. The summed E-state index contributed by atoms with van der Waals surface area (Å²) in [5.41, 5.74) is 6.89. The van der Waals surface area contributed by atoms with E-state index in [1.54, 1.807) is 0 Å². The Bertz CT molecular complexity index is 747. The maximum Gasteiger partial charge on any atom is 0.150 e. The van der Waals surface area contributed by atoms with E-state index in [0.29, 0.717) is 4.83 Å². The molecule has 132 valence electrons. The number of hydrogen-bond donors (Lipinski definition) is 0. The Kier molecular flexibility index (Phi) is 5.81. The van der Waals surface area contributed by atoms with Crippen molar-refractivity contribution in [2.45, 2.75) is 51.3 Å². The van der Waals surface area contributed by atoms with E-state index in [0.717, 1.165) is 17.4 Å². The first-order valence-electron chi connectivity index (χ1n) is 9.51. The molecule has 3 rings (SSSR count). The van der Waals surface area contributed by atoms with Crippen LogP contribution in [0.5, 0.6) is 0 Å². The zero-order chi connectivity index (χ0) is 17.9. The molecule has 25 heavy (non-hydrogen) atoms. The van der Waals surface area contributed by atoms with Crippen LogP contribution in [-0.2, 0) is 6.42 Å². The van der Waals surface area contributed by atoms with Crippen LogP contribution in [0, 0.1) is 6.92 Å². The molecule has 0 saturated carbocycles. The van der Waals surface area contributed by atoms with Crippen molar-refractivity contribution in [3.63, 3.8) is 0 Å². The third kappa shape index (κ3) is 3.75. The summed E-state index contributed by atoms with van der Waals surface area (Å²) in [7, 11) is 0. The zero-order valence-corrected chi connectivity index (χ0v) is 17.2. The minimum absolute atomic E-state index is 0.638. The summed E-state index contributed by atoms with van der Waals surface area (Å²) >= 11 is 3.81. The summed E-state index contributed by atoms with van der Waals surface area (Å²) in [6.07, 6.45) is 9.52. The highest BCUT2D eigenvalue weighted by Crippen LogP contribution is 2.43. The van der Waals surface area contributed by atoms with Crippen molar-refractivity contribution in [3.8, 4) is 0 Å². The Morgan fingerprint density at radius 1 is 1.00 bits per heavy atom. The van der Waals surface area contributed by atoms with Crippen LogP contribution in [-0.4, -0.2) is 11.4 Å². The Hall–Kier alpha value is -1.38. The van der Waals surface area contributed by atoms with Crippen molar-refractivity contribution in [1.29, 1.82) is 0 Å². The van der Waals surface area contributed by atoms with Crippen molar-refractivity contribution >= 4 is 33.4 Å². The van der Waals surface area contributed by atoms with Crippen LogP contribution in [0.25, 0.3) is 6.08 Å². The average Bonchev–Trinajstić information content (AvgIpc) is 3.00. The lowest BCUT2D eigenvalue weighted by Crippen LogP contribution is -2.36. The lowest BCUT2D eigenvalue weighted by atomic mass is 10.0. The van der Waals surface area contributed by atoms with Gasteiger partial charge < -0.3 is 0 Å². The number of benzene rings is 2. The number of aryl methyl sites for hydroxylation is 2. The normalized spacial score (nSPS) is 19.8. The largest absolute Gasteiger partial charge is 0.232 e. The first-order valence-corrected chi connectivity index (χ1v) is 10.4. The molecule has 0 aliphatic carbocycles. The quantitative estimate of drug-likeness (QED) is 0.343. The SMILES string of the molecule is CCCC(Br)CCc1ccc2c(c1)C=C[N+]2(CC)c1ccc(C)cc1. The molecule has 2 unspecified atom stereocenters. The monoisotopic (exact) mass is 398 g/mol. The fraction of sp³-hybridized carbons (Fsp3) is 0.391. The Balaban J connectivity index is 1.85. The van der Waals surface area contributed by atoms with Crippen LogP contribution in [0.2, 0.25) is 0 Å². The van der Waals surface area contributed by atoms with Crippen LogP contribution < -0.4 is 4.48 Å². The van der Waals surface area contributed by atoms with E-state index in [9.17, 15) is 0 Å². The third-order valence-corrected chi connectivity index (χ3v) is 6.29. The number of halogens is 1. The van der Waals surface area contributed by atoms with Gasteiger partial charge in [-0.1, -0.05) is 53.0 Å². The second kappa shape index (κ2) is 7.88. The minimum Gasteiger partial charge on any atom is -0.232 e. The van der Waals surface area contributed by atoms with Gasteiger partial charge >= 0.3 is 0 Å². The predicted molar refractivity (Wildman–Crippen MR) is 115 cm³/mol. The van der Waals surface area contributed by atoms with Gasteiger partial charge in [-0.05, 0) is 44.7 Å². The van der Waals surface area contributed by atoms with Crippen LogP contribution in [0.3, 0.4) is 0 Å². The van der Waals surface area contributed by atoms with Gasteiger partial charge in [0.05, 0.1) is 6.54 Å². The van der Waals surface area contributed by atoms with Gasteiger partial charge in [-0.2, -0.15) is 0 Å². The van der Waals surface area contributed by atoms with E-state index >= 15 is 0 Å². The summed E-state index contributed by atoms with van der Waals surface area (Å²) in [5.74, 6) is 0. The van der Waals surface area contributed by atoms with E-state index in [1.807, 2.05) is 0 Å². The predicted octanol–water partition coefficient (Wildman–Crippen LogP) is 7.13. The molecule has 0 radical (unpaired) electrons. The van der Waals surface area contributed by atoms with Gasteiger partial charge in [0.25, 0.3) is 0 Å². The van der Waals surface area contributed by atoms with Crippen LogP contribution in [0.1, 0.15) is 49.8 Å². The van der Waals surface area contributed by atoms with Gasteiger partial charge in [0.15, 0.2) is 0 Å². The summed E-state index contributed by atoms with van der Waals surface area (Å²) in [5, 5.41) is 0. The Morgan fingerprint density at radius 3 is 2.44 bits per heavy atom. The lowest BCUT2D eigenvalue weighted by Gasteiger charge is -2.31. The highest BCUT2D eigenvalue weighted by atomic mass is 79.9. The molecule has 0 saturated heterocycles. The molecule has 0 fully saturated rings. The number of fused-ring (bicyclic) bond motifs is 1. The topological polar surface area (TPSA) is 0 Å². The molecule has 0 bridgehead atoms. The summed E-state index contributed by atoms with van der Waals surface area (Å²) < 4.78 is 0.826. The van der Waals surface area contributed by atoms with E-state index in [4.69, 9.17) is 0 Å². The summed E-state index contributed by atoms with van der Waals surface area (Å²) in [4.78, 5) is 0.638. The van der Waals surface area contributed by atoms with E-state index in [2.05, 4.69) is 91.4 Å². The van der Waals surface area contributed by atoms with Gasteiger partial charge in [-0.15, -0.1) is 0 Å². The lowest BCUT2D eigenvalue weighted by molar-refractivity contribution is 0.541. The summed E-state index contributed by atoms with van der Waals surface area (Å²) in [6.45, 7) is 7.71. The molecule has 0 amide bonds. The number of quaternary nitrogens is 1. The molecular weight excluding hydrogens is 370 g/mol. The van der Waals surface area contributed by atoms with Crippen molar-refractivity contribution in [2.24, 2.45) is 0 Å². The van der Waals surface area contributed by atoms with Gasteiger partial charge in [0, 0.05) is 34.7 Å². The standard InChI is InChI=1S/C23H29BrN/c1-4-6-21(24)11-9-19-10-14-23-20(17-19)15-16-25(23,5-2)22-12-7-18(3)8-13-22/h7-8,10,12-17,21H,4-6,9,11H2,1-3H3/q+1.